The SMILES string of the molecule is CC(C)(C)OC(=O)[C@@H]1CC(CN)(CC(=O)O)CN1C(=O)OC(C)(C)C. The summed E-state index contributed by atoms with van der Waals surface area (Å²) < 4.78 is 10.8. The smallest absolute Gasteiger partial charge is 0.411 e. The van der Waals surface area contributed by atoms with Crippen LogP contribution in [-0.2, 0) is 19.1 Å². The minimum absolute atomic E-state index is 0.0363. The average Bonchev–Trinajstić information content (AvgIpc) is 2.74. The van der Waals surface area contributed by atoms with E-state index < -0.39 is 40.7 Å². The Bertz CT molecular complexity index is 496. The van der Waals surface area contributed by atoms with E-state index in [1.165, 1.54) is 4.90 Å². The zero-order valence-electron chi connectivity index (χ0n) is 15.9. The highest BCUT2D eigenvalue weighted by Crippen LogP contribution is 2.39. The monoisotopic (exact) mass is 358 g/mol. The zero-order chi connectivity index (χ0) is 19.6. The third kappa shape index (κ3) is 6.19. The molecule has 0 saturated carbocycles. The first-order valence-corrected chi connectivity index (χ1v) is 8.32. The summed E-state index contributed by atoms with van der Waals surface area (Å²) in [4.78, 5) is 37.6. The molecule has 0 aromatic heterocycles. The molecule has 1 fully saturated rings. The fourth-order valence-corrected chi connectivity index (χ4v) is 2.82. The van der Waals surface area contributed by atoms with Gasteiger partial charge < -0.3 is 20.3 Å². The summed E-state index contributed by atoms with van der Waals surface area (Å²) in [6.07, 6.45) is -0.782. The van der Waals surface area contributed by atoms with Gasteiger partial charge in [0.1, 0.15) is 17.2 Å². The Balaban J connectivity index is 3.11. The summed E-state index contributed by atoms with van der Waals surface area (Å²) >= 11 is 0. The maximum atomic E-state index is 12.6. The number of carboxylic acids is 1. The van der Waals surface area contributed by atoms with Crippen LogP contribution in [0, 0.1) is 5.41 Å². The highest BCUT2D eigenvalue weighted by Gasteiger charge is 2.51. The third-order valence-corrected chi connectivity index (χ3v) is 3.77. The molecule has 0 aromatic rings. The molecule has 3 N–H and O–H groups in total. The number of nitrogens with zero attached hydrogens (tertiary/aromatic N) is 1. The van der Waals surface area contributed by atoms with Gasteiger partial charge in [0.2, 0.25) is 0 Å². The predicted octanol–water partition coefficient (Wildman–Crippen LogP) is 1.76. The van der Waals surface area contributed by atoms with Gasteiger partial charge in [-0.1, -0.05) is 0 Å². The van der Waals surface area contributed by atoms with Gasteiger partial charge in [-0.2, -0.15) is 0 Å². The summed E-state index contributed by atoms with van der Waals surface area (Å²) in [5.74, 6) is -1.61. The van der Waals surface area contributed by atoms with Crippen molar-refractivity contribution < 1.29 is 29.0 Å². The van der Waals surface area contributed by atoms with Crippen LogP contribution in [0.2, 0.25) is 0 Å². The van der Waals surface area contributed by atoms with E-state index in [2.05, 4.69) is 0 Å². The van der Waals surface area contributed by atoms with Crippen molar-refractivity contribution in [1.29, 1.82) is 0 Å². The van der Waals surface area contributed by atoms with Crippen LogP contribution in [0.3, 0.4) is 0 Å². The van der Waals surface area contributed by atoms with E-state index in [-0.39, 0.29) is 25.9 Å². The first-order valence-electron chi connectivity index (χ1n) is 8.32. The van der Waals surface area contributed by atoms with E-state index in [0.29, 0.717) is 0 Å². The van der Waals surface area contributed by atoms with Crippen molar-refractivity contribution in [1.82, 2.24) is 4.90 Å². The zero-order valence-corrected chi connectivity index (χ0v) is 15.9. The Morgan fingerprint density at radius 2 is 1.64 bits per heavy atom. The van der Waals surface area contributed by atoms with Crippen LogP contribution in [0.1, 0.15) is 54.4 Å². The average molecular weight is 358 g/mol. The third-order valence-electron chi connectivity index (χ3n) is 3.77. The summed E-state index contributed by atoms with van der Waals surface area (Å²) in [6.45, 7) is 10.4. The van der Waals surface area contributed by atoms with Gasteiger partial charge in [0.05, 0.1) is 6.42 Å². The molecule has 1 amide bonds. The van der Waals surface area contributed by atoms with Gasteiger partial charge in [-0.05, 0) is 48.0 Å². The number of amides is 1. The van der Waals surface area contributed by atoms with Crippen molar-refractivity contribution >= 4 is 18.0 Å². The number of esters is 1. The molecule has 144 valence electrons. The number of hydrogen-bond acceptors (Lipinski definition) is 6. The fourth-order valence-electron chi connectivity index (χ4n) is 2.82. The van der Waals surface area contributed by atoms with Gasteiger partial charge in [-0.3, -0.25) is 9.69 Å². The summed E-state index contributed by atoms with van der Waals surface area (Å²) in [6, 6.07) is -0.919. The van der Waals surface area contributed by atoms with Gasteiger partial charge in [-0.15, -0.1) is 0 Å². The number of carbonyl (C=O) groups excluding carboxylic acids is 2. The molecule has 2 atom stereocenters. The van der Waals surface area contributed by atoms with Crippen molar-refractivity contribution in [2.75, 3.05) is 13.1 Å². The lowest BCUT2D eigenvalue weighted by molar-refractivity contribution is -0.160. The van der Waals surface area contributed by atoms with Crippen LogP contribution in [0.5, 0.6) is 0 Å². The number of hydrogen-bond donors (Lipinski definition) is 2. The van der Waals surface area contributed by atoms with Crippen molar-refractivity contribution in [3.8, 4) is 0 Å². The van der Waals surface area contributed by atoms with Crippen LogP contribution in [0.25, 0.3) is 0 Å². The number of nitrogens with two attached hydrogens (primary N) is 1. The maximum absolute atomic E-state index is 12.6. The Kier molecular flexibility index (Phi) is 6.10. The predicted molar refractivity (Wildman–Crippen MR) is 90.9 cm³/mol. The molecule has 1 heterocycles. The maximum Gasteiger partial charge on any atom is 0.411 e. The van der Waals surface area contributed by atoms with E-state index >= 15 is 0 Å². The van der Waals surface area contributed by atoms with Crippen LogP contribution < -0.4 is 5.73 Å². The standard InChI is InChI=1S/C17H30N2O6/c1-15(2,3)24-13(22)11-7-17(9-18,8-12(20)21)10-19(11)14(23)25-16(4,5)6/h11H,7-10,18H2,1-6H3,(H,20,21)/t11-,17?/m0/s1. The van der Waals surface area contributed by atoms with Crippen molar-refractivity contribution in [2.45, 2.75) is 71.6 Å². The van der Waals surface area contributed by atoms with Gasteiger partial charge in [0, 0.05) is 18.5 Å². The second-order valence-electron chi connectivity index (χ2n) is 8.64. The van der Waals surface area contributed by atoms with Gasteiger partial charge in [0.15, 0.2) is 0 Å². The number of carbonyl (C=O) groups is 3. The number of likely N-dealkylation sites (tertiary alicyclic amines) is 1. The van der Waals surface area contributed by atoms with E-state index in [4.69, 9.17) is 15.2 Å². The molecular weight excluding hydrogens is 328 g/mol. The van der Waals surface area contributed by atoms with Crippen LogP contribution in [-0.4, -0.2) is 58.4 Å². The number of rotatable bonds is 4. The molecule has 8 nitrogen and oxygen atoms in total. The molecule has 1 aliphatic rings. The largest absolute Gasteiger partial charge is 0.481 e. The van der Waals surface area contributed by atoms with Crippen LogP contribution in [0.15, 0.2) is 0 Å². The lowest BCUT2D eigenvalue weighted by Gasteiger charge is -2.30. The minimum Gasteiger partial charge on any atom is -0.481 e. The summed E-state index contributed by atoms with van der Waals surface area (Å²) in [5.41, 5.74) is 3.45. The molecular formula is C17H30N2O6. The van der Waals surface area contributed by atoms with E-state index in [0.717, 1.165) is 0 Å². The molecule has 1 saturated heterocycles. The lowest BCUT2D eigenvalue weighted by Crippen LogP contribution is -2.46. The first kappa shape index (κ1) is 21.2. The molecule has 0 aromatic carbocycles. The van der Waals surface area contributed by atoms with Crippen molar-refractivity contribution in [2.24, 2.45) is 11.1 Å². The molecule has 0 aliphatic carbocycles. The Morgan fingerprint density at radius 3 is 2.04 bits per heavy atom. The van der Waals surface area contributed by atoms with Crippen LogP contribution in [0.4, 0.5) is 4.79 Å². The number of carboxylic acid groups (broad SMARTS) is 1. The van der Waals surface area contributed by atoms with Gasteiger partial charge >= 0.3 is 18.0 Å². The molecule has 0 bridgehead atoms. The van der Waals surface area contributed by atoms with Gasteiger partial charge in [-0.25, -0.2) is 9.59 Å². The van der Waals surface area contributed by atoms with E-state index in [1.54, 1.807) is 41.5 Å². The molecule has 0 spiro atoms. The van der Waals surface area contributed by atoms with E-state index in [9.17, 15) is 19.5 Å². The highest BCUT2D eigenvalue weighted by molar-refractivity contribution is 5.83. The second-order valence-corrected chi connectivity index (χ2v) is 8.64. The summed E-state index contributed by atoms with van der Waals surface area (Å²) in [5, 5.41) is 9.19. The minimum atomic E-state index is -1.03. The van der Waals surface area contributed by atoms with E-state index in [1.807, 2.05) is 0 Å². The molecule has 1 aliphatic heterocycles. The van der Waals surface area contributed by atoms with Crippen LogP contribution >= 0.6 is 0 Å². The quantitative estimate of drug-likeness (QED) is 0.735. The normalized spacial score (nSPS) is 24.1. The Hall–Kier alpha value is -1.83. The number of aliphatic carboxylic acids is 1. The molecule has 1 unspecified atom stereocenters. The van der Waals surface area contributed by atoms with Crippen molar-refractivity contribution in [3.05, 3.63) is 0 Å². The second kappa shape index (κ2) is 7.19. The molecule has 25 heavy (non-hydrogen) atoms. The fraction of sp³-hybridized carbons (Fsp3) is 0.824. The first-order chi connectivity index (χ1) is 11.2. The lowest BCUT2D eigenvalue weighted by atomic mass is 9.82. The van der Waals surface area contributed by atoms with Crippen molar-refractivity contribution in [3.63, 3.8) is 0 Å². The highest BCUT2D eigenvalue weighted by atomic mass is 16.6. The molecule has 0 radical (unpaired) electrons. The Morgan fingerprint density at radius 1 is 1.12 bits per heavy atom. The summed E-state index contributed by atoms with van der Waals surface area (Å²) in [7, 11) is 0. The number of ether oxygens (including phenoxy) is 2. The topological polar surface area (TPSA) is 119 Å². The molecule has 8 heteroatoms. The molecule has 1 rings (SSSR count). The Labute approximate surface area is 148 Å². The van der Waals surface area contributed by atoms with Gasteiger partial charge in [0.25, 0.3) is 0 Å².